The molecule has 0 radical (unpaired) electrons. The van der Waals surface area contributed by atoms with E-state index >= 15 is 0 Å². The molecule has 0 spiro atoms. The molecule has 1 aliphatic heterocycles. The van der Waals surface area contributed by atoms with Gasteiger partial charge in [0.15, 0.2) is 5.96 Å². The highest BCUT2D eigenvalue weighted by Gasteiger charge is 2.27. The summed E-state index contributed by atoms with van der Waals surface area (Å²) in [5.74, 6) is 1.62. The van der Waals surface area contributed by atoms with Crippen LogP contribution in [0.2, 0.25) is 0 Å². The second kappa shape index (κ2) is 12.9. The van der Waals surface area contributed by atoms with Gasteiger partial charge in [-0.1, -0.05) is 26.7 Å². The molecule has 1 unspecified atom stereocenters. The lowest BCUT2D eigenvalue weighted by Gasteiger charge is -2.39. The molecule has 1 atom stereocenters. The van der Waals surface area contributed by atoms with Gasteiger partial charge in [0.25, 0.3) is 0 Å². The van der Waals surface area contributed by atoms with Crippen LogP contribution in [0.1, 0.15) is 37.4 Å². The number of nitrogens with zero attached hydrogens (tertiary/aromatic N) is 4. The number of thiazole rings is 1. The van der Waals surface area contributed by atoms with Gasteiger partial charge >= 0.3 is 0 Å². The number of hydrogen-bond acceptors (Lipinski definition) is 5. The maximum atomic E-state index is 5.55. The third kappa shape index (κ3) is 7.47. The van der Waals surface area contributed by atoms with Crippen LogP contribution in [0.4, 0.5) is 0 Å². The van der Waals surface area contributed by atoms with Crippen molar-refractivity contribution in [2.24, 2.45) is 10.9 Å². The summed E-state index contributed by atoms with van der Waals surface area (Å²) in [7, 11) is 3.93. The van der Waals surface area contributed by atoms with Crippen LogP contribution in [0.5, 0.6) is 0 Å². The van der Waals surface area contributed by atoms with Crippen molar-refractivity contribution in [1.29, 1.82) is 0 Å². The molecule has 8 heteroatoms. The molecule has 1 aromatic heterocycles. The number of nitrogens with one attached hydrogen (secondary N) is 1. The number of aromatic nitrogens is 1. The summed E-state index contributed by atoms with van der Waals surface area (Å²) in [5.41, 5.74) is 1.10. The van der Waals surface area contributed by atoms with E-state index in [0.717, 1.165) is 56.1 Å². The molecule has 1 N–H and O–H groups in total. The summed E-state index contributed by atoms with van der Waals surface area (Å²) in [6.45, 7) is 12.1. The first-order valence-electron chi connectivity index (χ1n) is 9.73. The van der Waals surface area contributed by atoms with E-state index in [4.69, 9.17) is 4.74 Å². The van der Waals surface area contributed by atoms with Crippen molar-refractivity contribution in [3.63, 3.8) is 0 Å². The fraction of sp³-hybridized carbons (Fsp3) is 0.789. The number of guanidine groups is 1. The molecular formula is C19H36IN5OS. The highest BCUT2D eigenvalue weighted by atomic mass is 127. The molecule has 1 aromatic rings. The molecule has 1 aliphatic rings. The van der Waals surface area contributed by atoms with Crippen molar-refractivity contribution >= 4 is 41.3 Å². The lowest BCUT2D eigenvalue weighted by atomic mass is 9.92. The summed E-state index contributed by atoms with van der Waals surface area (Å²) in [6, 6.07) is 0.514. The Balaban J connectivity index is 0.00000364. The van der Waals surface area contributed by atoms with Gasteiger partial charge in [0, 0.05) is 45.2 Å². The van der Waals surface area contributed by atoms with E-state index in [0.29, 0.717) is 12.0 Å². The molecule has 0 bridgehead atoms. The average Bonchev–Trinajstić information content (AvgIpc) is 3.06. The van der Waals surface area contributed by atoms with Crippen LogP contribution in [-0.2, 0) is 11.3 Å². The molecule has 0 amide bonds. The largest absolute Gasteiger partial charge is 0.379 e. The van der Waals surface area contributed by atoms with Crippen LogP contribution in [0.15, 0.2) is 10.4 Å². The van der Waals surface area contributed by atoms with Gasteiger partial charge in [-0.25, -0.2) is 4.98 Å². The van der Waals surface area contributed by atoms with E-state index in [1.165, 1.54) is 12.8 Å². The van der Waals surface area contributed by atoms with Gasteiger partial charge in [0.05, 0.1) is 30.5 Å². The molecule has 0 saturated carbocycles. The molecule has 0 aromatic carbocycles. The van der Waals surface area contributed by atoms with Crippen LogP contribution >= 0.6 is 35.3 Å². The van der Waals surface area contributed by atoms with Crippen molar-refractivity contribution < 1.29 is 4.74 Å². The number of aliphatic imine (C=N–C) groups is 1. The SMILES string of the molecule is CCC(CC)C(CNC(=NC)N(C)Cc1csc(C)n1)N1CCOCC1.I. The molecule has 1 fully saturated rings. The van der Waals surface area contributed by atoms with Crippen LogP contribution in [0, 0.1) is 12.8 Å². The van der Waals surface area contributed by atoms with Gasteiger partial charge in [-0.15, -0.1) is 35.3 Å². The molecule has 2 heterocycles. The number of ether oxygens (including phenoxy) is 1. The van der Waals surface area contributed by atoms with Gasteiger partial charge in [0.1, 0.15) is 0 Å². The molecule has 0 aliphatic carbocycles. The molecule has 156 valence electrons. The zero-order valence-corrected chi connectivity index (χ0v) is 20.5. The second-order valence-electron chi connectivity index (χ2n) is 6.93. The summed E-state index contributed by atoms with van der Waals surface area (Å²) in [4.78, 5) is 13.8. The Morgan fingerprint density at radius 1 is 1.37 bits per heavy atom. The van der Waals surface area contributed by atoms with Gasteiger partial charge in [-0.3, -0.25) is 9.89 Å². The first-order chi connectivity index (χ1) is 12.6. The number of hydrogen-bond donors (Lipinski definition) is 1. The van der Waals surface area contributed by atoms with Crippen LogP contribution in [-0.4, -0.2) is 73.7 Å². The number of aryl methyl sites for hydroxylation is 1. The maximum absolute atomic E-state index is 5.55. The predicted molar refractivity (Wildman–Crippen MR) is 125 cm³/mol. The van der Waals surface area contributed by atoms with Crippen molar-refractivity contribution in [1.82, 2.24) is 20.1 Å². The monoisotopic (exact) mass is 509 g/mol. The van der Waals surface area contributed by atoms with E-state index in [9.17, 15) is 0 Å². The molecule has 6 nitrogen and oxygen atoms in total. The minimum Gasteiger partial charge on any atom is -0.379 e. The van der Waals surface area contributed by atoms with E-state index in [-0.39, 0.29) is 24.0 Å². The predicted octanol–water partition coefficient (Wildman–Crippen LogP) is 3.21. The minimum atomic E-state index is 0. The van der Waals surface area contributed by atoms with Crippen molar-refractivity contribution in [3.8, 4) is 0 Å². The standard InChI is InChI=1S/C19H35N5OS.HI/c1-6-16(7-2)18(24-8-10-25-11-9-24)12-21-19(20-4)23(5)13-17-14-26-15(3)22-17;/h14,16,18H,6-13H2,1-5H3,(H,20,21);1H. The summed E-state index contributed by atoms with van der Waals surface area (Å²) in [5, 5.41) is 6.85. The fourth-order valence-corrected chi connectivity index (χ4v) is 4.32. The Hall–Kier alpha value is -0.450. The van der Waals surface area contributed by atoms with E-state index in [2.05, 4.69) is 51.4 Å². The Kier molecular flexibility index (Phi) is 11.7. The minimum absolute atomic E-state index is 0. The Morgan fingerprint density at radius 2 is 2.04 bits per heavy atom. The molecular weight excluding hydrogens is 473 g/mol. The van der Waals surface area contributed by atoms with Crippen LogP contribution in [0.3, 0.4) is 0 Å². The normalized spacial score (nSPS) is 16.9. The third-order valence-electron chi connectivity index (χ3n) is 5.22. The smallest absolute Gasteiger partial charge is 0.193 e. The Labute approximate surface area is 185 Å². The van der Waals surface area contributed by atoms with E-state index < -0.39 is 0 Å². The van der Waals surface area contributed by atoms with Crippen molar-refractivity contribution in [2.75, 3.05) is 46.9 Å². The van der Waals surface area contributed by atoms with E-state index in [1.54, 1.807) is 11.3 Å². The summed E-state index contributed by atoms with van der Waals surface area (Å²) >= 11 is 1.70. The molecule has 2 rings (SSSR count). The highest BCUT2D eigenvalue weighted by Crippen LogP contribution is 2.19. The van der Waals surface area contributed by atoms with Gasteiger partial charge in [-0.05, 0) is 12.8 Å². The zero-order valence-electron chi connectivity index (χ0n) is 17.4. The number of rotatable bonds is 8. The lowest BCUT2D eigenvalue weighted by molar-refractivity contribution is 0.00261. The first-order valence-corrected chi connectivity index (χ1v) is 10.6. The Bertz CT molecular complexity index is 558. The zero-order chi connectivity index (χ0) is 18.9. The second-order valence-corrected chi connectivity index (χ2v) is 8.00. The lowest BCUT2D eigenvalue weighted by Crippen LogP contribution is -2.53. The van der Waals surface area contributed by atoms with Gasteiger partial charge in [0.2, 0.25) is 0 Å². The molecule has 27 heavy (non-hydrogen) atoms. The summed E-state index contributed by atoms with van der Waals surface area (Å²) < 4.78 is 5.55. The average molecular weight is 510 g/mol. The Morgan fingerprint density at radius 3 is 2.56 bits per heavy atom. The van der Waals surface area contributed by atoms with Gasteiger partial charge in [-0.2, -0.15) is 0 Å². The quantitative estimate of drug-likeness (QED) is 0.332. The van der Waals surface area contributed by atoms with Crippen molar-refractivity contribution in [3.05, 3.63) is 16.1 Å². The first kappa shape index (κ1) is 24.6. The van der Waals surface area contributed by atoms with Crippen LogP contribution < -0.4 is 5.32 Å². The molecule has 1 saturated heterocycles. The van der Waals surface area contributed by atoms with Crippen molar-refractivity contribution in [2.45, 2.75) is 46.2 Å². The third-order valence-corrected chi connectivity index (χ3v) is 6.04. The van der Waals surface area contributed by atoms with Gasteiger partial charge < -0.3 is 15.0 Å². The fourth-order valence-electron chi connectivity index (χ4n) is 3.72. The summed E-state index contributed by atoms with van der Waals surface area (Å²) in [6.07, 6.45) is 2.40. The maximum Gasteiger partial charge on any atom is 0.193 e. The number of morpholine rings is 1. The van der Waals surface area contributed by atoms with Crippen LogP contribution in [0.25, 0.3) is 0 Å². The number of halogens is 1. The topological polar surface area (TPSA) is 53.0 Å². The highest BCUT2D eigenvalue weighted by molar-refractivity contribution is 14.0. The van der Waals surface area contributed by atoms with E-state index in [1.807, 2.05) is 14.0 Å².